The maximum Gasteiger partial charge on any atom is 0.182 e. The zero-order valence-corrected chi connectivity index (χ0v) is 12.0. The van der Waals surface area contributed by atoms with E-state index in [4.69, 9.17) is 0 Å². The molecular weight excluding hydrogens is 240 g/mol. The molecule has 18 heavy (non-hydrogen) atoms. The summed E-state index contributed by atoms with van der Waals surface area (Å²) in [6, 6.07) is 10.7. The van der Waals surface area contributed by atoms with Gasteiger partial charge in [0.15, 0.2) is 5.13 Å². The highest BCUT2D eigenvalue weighted by Crippen LogP contribution is 2.25. The Bertz CT molecular complexity index is 476. The van der Waals surface area contributed by atoms with E-state index in [1.54, 1.807) is 11.3 Å². The Kier molecular flexibility index (Phi) is 4.37. The van der Waals surface area contributed by atoms with Crippen molar-refractivity contribution in [3.8, 4) is 0 Å². The van der Waals surface area contributed by atoms with Gasteiger partial charge in [-0.05, 0) is 18.4 Å². The highest BCUT2D eigenvalue weighted by molar-refractivity contribution is 7.15. The van der Waals surface area contributed by atoms with Crippen LogP contribution in [-0.4, -0.2) is 11.5 Å². The van der Waals surface area contributed by atoms with E-state index in [9.17, 15) is 0 Å². The fourth-order valence-electron chi connectivity index (χ4n) is 2.07. The summed E-state index contributed by atoms with van der Waals surface area (Å²) in [5, 5.41) is 4.48. The number of nitrogens with zero attached hydrogens (tertiary/aromatic N) is 1. The average molecular weight is 260 g/mol. The zero-order chi connectivity index (χ0) is 13.0. The maximum absolute atomic E-state index is 4.35. The minimum Gasteiger partial charge on any atom is -0.361 e. The molecule has 0 fully saturated rings. The van der Waals surface area contributed by atoms with Crippen LogP contribution in [0.2, 0.25) is 0 Å². The van der Waals surface area contributed by atoms with Crippen molar-refractivity contribution in [1.29, 1.82) is 0 Å². The second-order valence-corrected chi connectivity index (χ2v) is 6.15. The topological polar surface area (TPSA) is 24.9 Å². The Morgan fingerprint density at radius 3 is 2.50 bits per heavy atom. The van der Waals surface area contributed by atoms with Gasteiger partial charge in [-0.3, -0.25) is 0 Å². The first-order valence-electron chi connectivity index (χ1n) is 6.38. The van der Waals surface area contributed by atoms with Crippen LogP contribution in [0.4, 0.5) is 5.13 Å². The molecule has 1 aromatic carbocycles. The summed E-state index contributed by atoms with van der Waals surface area (Å²) < 4.78 is 0. The van der Waals surface area contributed by atoms with Crippen LogP contribution >= 0.6 is 11.3 Å². The highest BCUT2D eigenvalue weighted by Gasteiger charge is 2.15. The number of anilines is 1. The summed E-state index contributed by atoms with van der Waals surface area (Å²) in [6.07, 6.45) is 1.92. The molecule has 1 atom stereocenters. The molecule has 2 aromatic rings. The fraction of sp³-hybridized carbons (Fsp3) is 0.400. The molecule has 2 nitrogen and oxygen atoms in total. The van der Waals surface area contributed by atoms with Crippen molar-refractivity contribution in [2.24, 2.45) is 5.92 Å². The number of hydrogen-bond acceptors (Lipinski definition) is 3. The number of aryl methyl sites for hydroxylation is 1. The third-order valence-electron chi connectivity index (χ3n) is 3.13. The smallest absolute Gasteiger partial charge is 0.182 e. The minimum absolute atomic E-state index is 0.524. The predicted molar refractivity (Wildman–Crippen MR) is 79.4 cm³/mol. The second-order valence-electron chi connectivity index (χ2n) is 4.92. The van der Waals surface area contributed by atoms with Crippen LogP contribution < -0.4 is 5.32 Å². The number of aromatic nitrogens is 1. The lowest BCUT2D eigenvalue weighted by Gasteiger charge is -2.21. The van der Waals surface area contributed by atoms with Gasteiger partial charge in [0, 0.05) is 23.5 Å². The van der Waals surface area contributed by atoms with E-state index < -0.39 is 0 Å². The predicted octanol–water partition coefficient (Wildman–Crippen LogP) is 4.30. The average Bonchev–Trinajstić information content (AvgIpc) is 2.76. The van der Waals surface area contributed by atoms with Crippen molar-refractivity contribution < 1.29 is 0 Å². The molecule has 0 saturated heterocycles. The van der Waals surface area contributed by atoms with E-state index in [0.29, 0.717) is 11.8 Å². The number of benzene rings is 1. The number of thiazole rings is 1. The molecule has 96 valence electrons. The van der Waals surface area contributed by atoms with Gasteiger partial charge >= 0.3 is 0 Å². The van der Waals surface area contributed by atoms with Crippen molar-refractivity contribution >= 4 is 16.5 Å². The lowest BCUT2D eigenvalue weighted by molar-refractivity contribution is 0.517. The molecule has 1 heterocycles. The molecular formula is C15H20N2S. The summed E-state index contributed by atoms with van der Waals surface area (Å²) in [4.78, 5) is 5.60. The van der Waals surface area contributed by atoms with Crippen molar-refractivity contribution in [3.63, 3.8) is 0 Å². The van der Waals surface area contributed by atoms with Gasteiger partial charge in [-0.25, -0.2) is 4.98 Å². The van der Waals surface area contributed by atoms with E-state index in [2.05, 4.69) is 61.4 Å². The number of hydrogen-bond donors (Lipinski definition) is 1. The quantitative estimate of drug-likeness (QED) is 0.867. The summed E-state index contributed by atoms with van der Waals surface area (Å²) in [5.74, 6) is 1.14. The van der Waals surface area contributed by atoms with Gasteiger partial charge in [0.05, 0.1) is 0 Å². The van der Waals surface area contributed by atoms with Gasteiger partial charge in [0.1, 0.15) is 0 Å². The molecule has 2 rings (SSSR count). The molecule has 0 aliphatic rings. The second kappa shape index (κ2) is 6.01. The Labute approximate surface area is 113 Å². The third-order valence-corrected chi connectivity index (χ3v) is 4.00. The van der Waals surface area contributed by atoms with E-state index in [-0.39, 0.29) is 0 Å². The number of rotatable bonds is 5. The summed E-state index contributed by atoms with van der Waals surface area (Å²) >= 11 is 1.71. The molecule has 0 radical (unpaired) electrons. The lowest BCUT2D eigenvalue weighted by atomic mass is 9.88. The molecule has 0 amide bonds. The van der Waals surface area contributed by atoms with Crippen LogP contribution in [0.25, 0.3) is 0 Å². The van der Waals surface area contributed by atoms with Gasteiger partial charge in [-0.1, -0.05) is 44.2 Å². The first kappa shape index (κ1) is 13.1. The third kappa shape index (κ3) is 3.33. The summed E-state index contributed by atoms with van der Waals surface area (Å²) in [5.41, 5.74) is 1.40. The van der Waals surface area contributed by atoms with E-state index in [1.165, 1.54) is 10.4 Å². The standard InChI is InChI=1S/C15H20N2S/c1-11(2)14(13-7-5-4-6-8-13)10-17-15-16-9-12(3)18-15/h4-9,11,14H,10H2,1-3H3,(H,16,17). The van der Waals surface area contributed by atoms with Crippen molar-refractivity contribution in [2.45, 2.75) is 26.7 Å². The Hall–Kier alpha value is -1.35. The molecule has 0 saturated carbocycles. The van der Waals surface area contributed by atoms with Gasteiger partial charge in [-0.2, -0.15) is 0 Å². The Morgan fingerprint density at radius 2 is 1.94 bits per heavy atom. The molecule has 3 heteroatoms. The van der Waals surface area contributed by atoms with Crippen LogP contribution in [0.1, 0.15) is 30.2 Å². The van der Waals surface area contributed by atoms with Crippen LogP contribution in [0, 0.1) is 12.8 Å². The molecule has 1 aromatic heterocycles. The summed E-state index contributed by atoms with van der Waals surface area (Å²) in [6.45, 7) is 7.56. The largest absolute Gasteiger partial charge is 0.361 e. The van der Waals surface area contributed by atoms with E-state index >= 15 is 0 Å². The maximum atomic E-state index is 4.35. The van der Waals surface area contributed by atoms with Gasteiger partial charge < -0.3 is 5.32 Å². The highest BCUT2D eigenvalue weighted by atomic mass is 32.1. The van der Waals surface area contributed by atoms with Crippen molar-refractivity contribution in [3.05, 3.63) is 47.0 Å². The minimum atomic E-state index is 0.524. The van der Waals surface area contributed by atoms with Gasteiger partial charge in [0.2, 0.25) is 0 Å². The number of nitrogens with one attached hydrogen (secondary N) is 1. The summed E-state index contributed by atoms with van der Waals surface area (Å²) in [7, 11) is 0. The first-order valence-corrected chi connectivity index (χ1v) is 7.19. The normalized spacial score (nSPS) is 12.7. The molecule has 1 N–H and O–H groups in total. The van der Waals surface area contributed by atoms with E-state index in [0.717, 1.165) is 11.7 Å². The van der Waals surface area contributed by atoms with Crippen LogP contribution in [0.5, 0.6) is 0 Å². The van der Waals surface area contributed by atoms with Gasteiger partial charge in [0.25, 0.3) is 0 Å². The fourth-order valence-corrected chi connectivity index (χ4v) is 2.74. The zero-order valence-electron chi connectivity index (χ0n) is 11.2. The van der Waals surface area contributed by atoms with E-state index in [1.807, 2.05) is 6.20 Å². The molecule has 0 aliphatic carbocycles. The monoisotopic (exact) mass is 260 g/mol. The molecule has 0 aliphatic heterocycles. The Morgan fingerprint density at radius 1 is 1.22 bits per heavy atom. The van der Waals surface area contributed by atoms with Crippen LogP contribution in [0.15, 0.2) is 36.5 Å². The van der Waals surface area contributed by atoms with Crippen molar-refractivity contribution in [1.82, 2.24) is 4.98 Å². The van der Waals surface area contributed by atoms with Crippen LogP contribution in [0.3, 0.4) is 0 Å². The van der Waals surface area contributed by atoms with Crippen molar-refractivity contribution in [2.75, 3.05) is 11.9 Å². The first-order chi connectivity index (χ1) is 8.66. The lowest BCUT2D eigenvalue weighted by Crippen LogP contribution is -2.17. The molecule has 0 spiro atoms. The Balaban J connectivity index is 2.03. The SMILES string of the molecule is Cc1cnc(NCC(c2ccccc2)C(C)C)s1. The molecule has 0 bridgehead atoms. The van der Waals surface area contributed by atoms with Gasteiger partial charge in [-0.15, -0.1) is 11.3 Å². The molecule has 1 unspecified atom stereocenters. The van der Waals surface area contributed by atoms with Crippen LogP contribution in [-0.2, 0) is 0 Å².